The molecule has 0 atom stereocenters. The standard InChI is InChI=1S/C34H40F3N5O2/c1-21-16-33(17-21,31-40-39-20-41(31)3)23-13-24(15-26(14-23)44-25-7-4-5-8-25)42-19-28-27(30(42)43)11-22(12-29(28)34(35,36)37)18-38-32(2)9-6-10-32/h11-15,20-21,25,38H,4-10,16-19H2,1-3H3/t21-,33-. The first-order valence-corrected chi connectivity index (χ1v) is 15.9. The van der Waals surface area contributed by atoms with Crippen LogP contribution in [0.2, 0.25) is 0 Å². The van der Waals surface area contributed by atoms with E-state index < -0.39 is 23.1 Å². The molecular weight excluding hydrogens is 567 g/mol. The SMILES string of the molecule is Cn1cnnc1[C@]1(c2cc(OC3CCCC3)cc(N3Cc4c(cc(CNC5(C)CCC5)cc4C(F)(F)F)C3=O)c2)C[C@@H](C)C1. The summed E-state index contributed by atoms with van der Waals surface area (Å²) in [6.07, 6.45) is 6.14. The van der Waals surface area contributed by atoms with Gasteiger partial charge in [-0.05, 0) is 112 Å². The highest BCUT2D eigenvalue weighted by Gasteiger charge is 2.49. The number of hydrogen-bond donors (Lipinski definition) is 1. The van der Waals surface area contributed by atoms with Crippen molar-refractivity contribution in [2.45, 2.75) is 108 Å². The zero-order valence-corrected chi connectivity index (χ0v) is 25.6. The largest absolute Gasteiger partial charge is 0.490 e. The topological polar surface area (TPSA) is 72.3 Å². The predicted molar refractivity (Wildman–Crippen MR) is 161 cm³/mol. The number of nitrogens with zero attached hydrogens (tertiary/aromatic N) is 4. The van der Waals surface area contributed by atoms with Crippen molar-refractivity contribution >= 4 is 11.6 Å². The van der Waals surface area contributed by atoms with Gasteiger partial charge in [0.1, 0.15) is 17.9 Å². The van der Waals surface area contributed by atoms with E-state index in [0.717, 1.165) is 69.2 Å². The van der Waals surface area contributed by atoms with Crippen LogP contribution in [-0.4, -0.2) is 32.3 Å². The van der Waals surface area contributed by atoms with E-state index >= 15 is 0 Å². The van der Waals surface area contributed by atoms with E-state index in [-0.39, 0.29) is 35.9 Å². The molecule has 10 heteroatoms. The number of ether oxygens (including phenoxy) is 1. The third-order valence-electron chi connectivity index (χ3n) is 10.5. The number of rotatable bonds is 8. The summed E-state index contributed by atoms with van der Waals surface area (Å²) in [7, 11) is 1.93. The number of benzene rings is 2. The molecule has 0 spiro atoms. The van der Waals surface area contributed by atoms with Crippen LogP contribution < -0.4 is 15.0 Å². The van der Waals surface area contributed by atoms with Crippen LogP contribution in [0, 0.1) is 5.92 Å². The maximum absolute atomic E-state index is 14.4. The van der Waals surface area contributed by atoms with E-state index in [4.69, 9.17) is 4.74 Å². The second-order valence-corrected chi connectivity index (χ2v) is 13.9. The summed E-state index contributed by atoms with van der Waals surface area (Å²) in [6.45, 7) is 4.43. The van der Waals surface area contributed by atoms with E-state index in [9.17, 15) is 18.0 Å². The molecule has 1 amide bonds. The Bertz CT molecular complexity index is 1580. The molecule has 234 valence electrons. The minimum atomic E-state index is -4.58. The van der Waals surface area contributed by atoms with Crippen LogP contribution in [-0.2, 0) is 31.7 Å². The summed E-state index contributed by atoms with van der Waals surface area (Å²) in [6, 6.07) is 8.69. The zero-order chi connectivity index (χ0) is 30.9. The van der Waals surface area contributed by atoms with Crippen molar-refractivity contribution in [3.63, 3.8) is 0 Å². The van der Waals surface area contributed by atoms with Crippen molar-refractivity contribution in [1.82, 2.24) is 20.1 Å². The predicted octanol–water partition coefficient (Wildman–Crippen LogP) is 7.06. The number of carbonyl (C=O) groups excluding carboxylic acids is 1. The molecule has 0 unspecified atom stereocenters. The molecule has 3 saturated carbocycles. The summed E-state index contributed by atoms with van der Waals surface area (Å²) in [4.78, 5) is 15.5. The fraction of sp³-hybridized carbons (Fsp3) is 0.559. The molecule has 0 bridgehead atoms. The molecule has 1 aromatic heterocycles. The average Bonchev–Trinajstić information content (AvgIpc) is 3.69. The highest BCUT2D eigenvalue weighted by Crippen LogP contribution is 2.53. The van der Waals surface area contributed by atoms with Gasteiger partial charge in [-0.3, -0.25) is 4.79 Å². The number of amides is 1. The maximum atomic E-state index is 14.4. The smallest absolute Gasteiger partial charge is 0.416 e. The van der Waals surface area contributed by atoms with Gasteiger partial charge in [0.15, 0.2) is 0 Å². The molecule has 7 rings (SSSR count). The van der Waals surface area contributed by atoms with Crippen LogP contribution in [0.15, 0.2) is 36.7 Å². The Morgan fingerprint density at radius 3 is 2.43 bits per heavy atom. The first-order chi connectivity index (χ1) is 20.9. The molecule has 3 fully saturated rings. The average molecular weight is 608 g/mol. The minimum absolute atomic E-state index is 0.0325. The van der Waals surface area contributed by atoms with Gasteiger partial charge in [-0.15, -0.1) is 10.2 Å². The summed E-state index contributed by atoms with van der Waals surface area (Å²) in [5.41, 5.74) is 0.915. The monoisotopic (exact) mass is 607 g/mol. The summed E-state index contributed by atoms with van der Waals surface area (Å²) in [5, 5.41) is 12.1. The lowest BCUT2D eigenvalue weighted by Crippen LogP contribution is -2.47. The number of fused-ring (bicyclic) bond motifs is 1. The van der Waals surface area contributed by atoms with Crippen LogP contribution in [0.3, 0.4) is 0 Å². The Labute approximate surface area is 256 Å². The van der Waals surface area contributed by atoms with Crippen molar-refractivity contribution in [3.8, 4) is 5.75 Å². The third kappa shape index (κ3) is 5.08. The second kappa shape index (κ2) is 10.6. The van der Waals surface area contributed by atoms with Crippen LogP contribution in [0.4, 0.5) is 18.9 Å². The van der Waals surface area contributed by atoms with Crippen LogP contribution in [0.25, 0.3) is 0 Å². The molecule has 0 radical (unpaired) electrons. The van der Waals surface area contributed by atoms with E-state index in [1.54, 1.807) is 12.4 Å². The van der Waals surface area contributed by atoms with E-state index in [1.807, 2.05) is 29.8 Å². The lowest BCUT2D eigenvalue weighted by atomic mass is 9.58. The van der Waals surface area contributed by atoms with E-state index in [2.05, 4.69) is 29.4 Å². The molecule has 2 aromatic carbocycles. The number of hydrogen-bond acceptors (Lipinski definition) is 5. The number of aryl methyl sites for hydroxylation is 1. The summed E-state index contributed by atoms with van der Waals surface area (Å²) in [5.74, 6) is 1.54. The summed E-state index contributed by atoms with van der Waals surface area (Å²) < 4.78 is 51.7. The van der Waals surface area contributed by atoms with Gasteiger partial charge < -0.3 is 19.5 Å². The van der Waals surface area contributed by atoms with Crippen molar-refractivity contribution in [2.75, 3.05) is 4.90 Å². The Balaban J connectivity index is 1.28. The first-order valence-electron chi connectivity index (χ1n) is 15.9. The fourth-order valence-electron chi connectivity index (χ4n) is 7.91. The quantitative estimate of drug-likeness (QED) is 0.297. The number of halogens is 3. The van der Waals surface area contributed by atoms with Gasteiger partial charge in [-0.2, -0.15) is 13.2 Å². The number of anilines is 1. The van der Waals surface area contributed by atoms with Crippen molar-refractivity contribution < 1.29 is 22.7 Å². The molecule has 0 saturated heterocycles. The van der Waals surface area contributed by atoms with Gasteiger partial charge in [-0.1, -0.05) is 6.92 Å². The maximum Gasteiger partial charge on any atom is 0.416 e. The first kappa shape index (κ1) is 29.3. The molecule has 1 N–H and O–H groups in total. The lowest BCUT2D eigenvalue weighted by Gasteiger charge is -2.46. The highest BCUT2D eigenvalue weighted by molar-refractivity contribution is 6.10. The Morgan fingerprint density at radius 2 is 1.82 bits per heavy atom. The number of alkyl halides is 3. The fourth-order valence-corrected chi connectivity index (χ4v) is 7.91. The summed E-state index contributed by atoms with van der Waals surface area (Å²) >= 11 is 0. The van der Waals surface area contributed by atoms with Crippen molar-refractivity contribution in [2.24, 2.45) is 13.0 Å². The van der Waals surface area contributed by atoms with Gasteiger partial charge >= 0.3 is 6.18 Å². The second-order valence-electron chi connectivity index (χ2n) is 13.9. The molecule has 2 heterocycles. The molecule has 4 aliphatic rings. The number of aromatic nitrogens is 3. The molecule has 7 nitrogen and oxygen atoms in total. The Hall–Kier alpha value is -3.40. The molecule has 44 heavy (non-hydrogen) atoms. The van der Waals surface area contributed by atoms with Gasteiger partial charge in [0.25, 0.3) is 5.91 Å². The Kier molecular flexibility index (Phi) is 7.06. The minimum Gasteiger partial charge on any atom is -0.490 e. The normalized spacial score (nSPS) is 24.7. The lowest BCUT2D eigenvalue weighted by molar-refractivity contribution is -0.138. The third-order valence-corrected chi connectivity index (χ3v) is 10.5. The molecule has 3 aliphatic carbocycles. The van der Waals surface area contributed by atoms with Gasteiger partial charge in [-0.25, -0.2) is 0 Å². The van der Waals surface area contributed by atoms with Gasteiger partial charge in [0.05, 0.1) is 23.6 Å². The van der Waals surface area contributed by atoms with E-state index in [0.29, 0.717) is 22.9 Å². The van der Waals surface area contributed by atoms with Crippen LogP contribution in [0.1, 0.15) is 110 Å². The molecule has 1 aliphatic heterocycles. The van der Waals surface area contributed by atoms with Crippen LogP contribution in [0.5, 0.6) is 5.75 Å². The number of nitrogens with one attached hydrogen (secondary N) is 1. The molecular formula is C34H40F3N5O2. The van der Waals surface area contributed by atoms with Crippen molar-refractivity contribution in [1.29, 1.82) is 0 Å². The number of carbonyl (C=O) groups is 1. The highest BCUT2D eigenvalue weighted by atomic mass is 19.4. The Morgan fingerprint density at radius 1 is 1.07 bits per heavy atom. The van der Waals surface area contributed by atoms with Crippen LogP contribution >= 0.6 is 0 Å². The zero-order valence-electron chi connectivity index (χ0n) is 25.6. The van der Waals surface area contributed by atoms with Gasteiger partial charge in [0.2, 0.25) is 0 Å². The van der Waals surface area contributed by atoms with E-state index in [1.165, 1.54) is 11.0 Å². The van der Waals surface area contributed by atoms with Crippen molar-refractivity contribution in [3.05, 3.63) is 70.3 Å². The van der Waals surface area contributed by atoms with Gasteiger partial charge in [0, 0.05) is 36.4 Å². The molecule has 3 aromatic rings.